The van der Waals surface area contributed by atoms with Crippen LogP contribution in [0.4, 0.5) is 0 Å². The number of benzene rings is 1. The molecule has 0 bridgehead atoms. The SMILES string of the molecule is CC(C(=O)NCC1CCCNC1)c1cccc(Cl)c1.Cl. The summed E-state index contributed by atoms with van der Waals surface area (Å²) in [6, 6.07) is 7.50. The van der Waals surface area contributed by atoms with E-state index >= 15 is 0 Å². The normalized spacial score (nSPS) is 19.8. The van der Waals surface area contributed by atoms with Gasteiger partial charge in [0.15, 0.2) is 0 Å². The smallest absolute Gasteiger partial charge is 0.227 e. The molecule has 112 valence electrons. The van der Waals surface area contributed by atoms with Crippen LogP contribution in [0.25, 0.3) is 0 Å². The molecule has 0 spiro atoms. The van der Waals surface area contributed by atoms with Gasteiger partial charge in [-0.25, -0.2) is 0 Å². The maximum Gasteiger partial charge on any atom is 0.227 e. The first-order chi connectivity index (χ1) is 9.16. The monoisotopic (exact) mass is 316 g/mol. The van der Waals surface area contributed by atoms with Crippen molar-refractivity contribution in [1.29, 1.82) is 0 Å². The largest absolute Gasteiger partial charge is 0.355 e. The topological polar surface area (TPSA) is 41.1 Å². The van der Waals surface area contributed by atoms with E-state index < -0.39 is 0 Å². The highest BCUT2D eigenvalue weighted by atomic mass is 35.5. The molecule has 2 atom stereocenters. The second kappa shape index (κ2) is 8.50. The highest BCUT2D eigenvalue weighted by Crippen LogP contribution is 2.19. The Morgan fingerprint density at radius 1 is 1.55 bits per heavy atom. The van der Waals surface area contributed by atoms with Gasteiger partial charge in [-0.2, -0.15) is 0 Å². The van der Waals surface area contributed by atoms with Crippen molar-refractivity contribution in [2.24, 2.45) is 5.92 Å². The standard InChI is InChI=1S/C15H21ClN2O.ClH/c1-11(13-5-2-6-14(16)8-13)15(19)18-10-12-4-3-7-17-9-12;/h2,5-6,8,11-12,17H,3-4,7,9-10H2,1H3,(H,18,19);1H. The summed E-state index contributed by atoms with van der Waals surface area (Å²) in [6.07, 6.45) is 2.39. The summed E-state index contributed by atoms with van der Waals surface area (Å²) >= 11 is 5.95. The second-order valence-corrected chi connectivity index (χ2v) is 5.67. The van der Waals surface area contributed by atoms with Crippen LogP contribution in [0.15, 0.2) is 24.3 Å². The van der Waals surface area contributed by atoms with E-state index in [-0.39, 0.29) is 24.2 Å². The number of hydrogen-bond acceptors (Lipinski definition) is 2. The molecule has 2 N–H and O–H groups in total. The summed E-state index contributed by atoms with van der Waals surface area (Å²) in [5.41, 5.74) is 0.965. The minimum atomic E-state index is -0.157. The van der Waals surface area contributed by atoms with Gasteiger partial charge in [0.2, 0.25) is 5.91 Å². The predicted molar refractivity (Wildman–Crippen MR) is 85.7 cm³/mol. The zero-order valence-electron chi connectivity index (χ0n) is 11.7. The lowest BCUT2D eigenvalue weighted by Crippen LogP contribution is -2.39. The molecule has 1 aliphatic rings. The van der Waals surface area contributed by atoms with E-state index in [1.165, 1.54) is 12.8 Å². The summed E-state index contributed by atoms with van der Waals surface area (Å²) in [7, 11) is 0. The van der Waals surface area contributed by atoms with Crippen molar-refractivity contribution >= 4 is 29.9 Å². The van der Waals surface area contributed by atoms with Crippen LogP contribution in [0.3, 0.4) is 0 Å². The summed E-state index contributed by atoms with van der Waals surface area (Å²) in [6.45, 7) is 4.78. The quantitative estimate of drug-likeness (QED) is 0.896. The molecule has 2 rings (SSSR count). The van der Waals surface area contributed by atoms with Crippen LogP contribution in [0.5, 0.6) is 0 Å². The van der Waals surface area contributed by atoms with Gasteiger partial charge in [0.25, 0.3) is 0 Å². The van der Waals surface area contributed by atoms with Crippen LogP contribution in [-0.4, -0.2) is 25.5 Å². The Balaban J connectivity index is 0.00000200. The summed E-state index contributed by atoms with van der Waals surface area (Å²) < 4.78 is 0. The minimum Gasteiger partial charge on any atom is -0.355 e. The average Bonchev–Trinajstić information content (AvgIpc) is 2.45. The third-order valence-corrected chi connectivity index (χ3v) is 3.94. The highest BCUT2D eigenvalue weighted by molar-refractivity contribution is 6.30. The zero-order chi connectivity index (χ0) is 13.7. The third kappa shape index (κ3) is 4.97. The molecule has 1 saturated heterocycles. The molecule has 1 aromatic rings. The number of hydrogen-bond donors (Lipinski definition) is 2. The van der Waals surface area contributed by atoms with Crippen molar-refractivity contribution in [1.82, 2.24) is 10.6 Å². The molecule has 5 heteroatoms. The maximum absolute atomic E-state index is 12.1. The zero-order valence-corrected chi connectivity index (χ0v) is 13.3. The van der Waals surface area contributed by atoms with Gasteiger partial charge < -0.3 is 10.6 Å². The van der Waals surface area contributed by atoms with Gasteiger partial charge in [-0.3, -0.25) is 4.79 Å². The summed E-state index contributed by atoms with van der Waals surface area (Å²) in [5.74, 6) is 0.479. The van der Waals surface area contributed by atoms with Crippen LogP contribution < -0.4 is 10.6 Å². The number of halogens is 2. The molecule has 1 heterocycles. The number of piperidine rings is 1. The molecule has 0 saturated carbocycles. The molecule has 2 unspecified atom stereocenters. The molecular weight excluding hydrogens is 295 g/mol. The Kier molecular flexibility index (Phi) is 7.35. The summed E-state index contributed by atoms with van der Waals surface area (Å²) in [4.78, 5) is 12.1. The van der Waals surface area contributed by atoms with Gasteiger partial charge >= 0.3 is 0 Å². The molecule has 0 aromatic heterocycles. The molecule has 20 heavy (non-hydrogen) atoms. The lowest BCUT2D eigenvalue weighted by atomic mass is 9.98. The van der Waals surface area contributed by atoms with Gasteiger partial charge in [0.05, 0.1) is 5.92 Å². The van der Waals surface area contributed by atoms with Crippen molar-refractivity contribution in [3.05, 3.63) is 34.9 Å². The Morgan fingerprint density at radius 2 is 2.35 bits per heavy atom. The van der Waals surface area contributed by atoms with Crippen LogP contribution in [-0.2, 0) is 4.79 Å². The molecule has 0 aliphatic carbocycles. The van der Waals surface area contributed by atoms with Gasteiger partial charge in [0, 0.05) is 11.6 Å². The maximum atomic E-state index is 12.1. The Morgan fingerprint density at radius 3 is 3.00 bits per heavy atom. The third-order valence-electron chi connectivity index (χ3n) is 3.71. The number of carbonyl (C=O) groups is 1. The van der Waals surface area contributed by atoms with Crippen molar-refractivity contribution in [2.75, 3.05) is 19.6 Å². The van der Waals surface area contributed by atoms with Crippen molar-refractivity contribution in [3.8, 4) is 0 Å². The van der Waals surface area contributed by atoms with E-state index in [9.17, 15) is 4.79 Å². The van der Waals surface area contributed by atoms with Gasteiger partial charge in [-0.15, -0.1) is 12.4 Å². The Bertz CT molecular complexity index is 434. The van der Waals surface area contributed by atoms with Crippen LogP contribution in [0, 0.1) is 5.92 Å². The molecule has 1 aliphatic heterocycles. The fourth-order valence-corrected chi connectivity index (χ4v) is 2.62. The first kappa shape index (κ1) is 17.3. The van der Waals surface area contributed by atoms with E-state index in [0.29, 0.717) is 10.9 Å². The van der Waals surface area contributed by atoms with Crippen molar-refractivity contribution in [2.45, 2.75) is 25.7 Å². The van der Waals surface area contributed by atoms with Crippen molar-refractivity contribution < 1.29 is 4.79 Å². The Hall–Kier alpha value is -0.770. The first-order valence-corrected chi connectivity index (χ1v) is 7.28. The predicted octanol–water partition coefficient (Wildman–Crippen LogP) is 2.98. The average molecular weight is 317 g/mol. The first-order valence-electron chi connectivity index (χ1n) is 6.90. The summed E-state index contributed by atoms with van der Waals surface area (Å²) in [5, 5.41) is 7.08. The minimum absolute atomic E-state index is 0. The lowest BCUT2D eigenvalue weighted by Gasteiger charge is -2.23. The second-order valence-electron chi connectivity index (χ2n) is 5.23. The van der Waals surface area contributed by atoms with E-state index in [2.05, 4.69) is 10.6 Å². The van der Waals surface area contributed by atoms with Gasteiger partial charge in [0.1, 0.15) is 0 Å². The van der Waals surface area contributed by atoms with Crippen LogP contribution >= 0.6 is 24.0 Å². The molecular formula is C15H22Cl2N2O. The fourth-order valence-electron chi connectivity index (χ4n) is 2.42. The molecule has 1 amide bonds. The van der Waals surface area contributed by atoms with Crippen LogP contribution in [0.1, 0.15) is 31.2 Å². The molecule has 3 nitrogen and oxygen atoms in total. The molecule has 1 aromatic carbocycles. The fraction of sp³-hybridized carbons (Fsp3) is 0.533. The van der Waals surface area contributed by atoms with Gasteiger partial charge in [-0.1, -0.05) is 23.7 Å². The van der Waals surface area contributed by atoms with Crippen molar-refractivity contribution in [3.63, 3.8) is 0 Å². The van der Waals surface area contributed by atoms with E-state index in [0.717, 1.165) is 25.2 Å². The van der Waals surface area contributed by atoms with E-state index in [4.69, 9.17) is 11.6 Å². The number of amides is 1. The molecule has 1 fully saturated rings. The number of nitrogens with one attached hydrogen (secondary N) is 2. The number of rotatable bonds is 4. The van der Waals surface area contributed by atoms with Crippen LogP contribution in [0.2, 0.25) is 5.02 Å². The van der Waals surface area contributed by atoms with E-state index in [1.54, 1.807) is 0 Å². The lowest BCUT2D eigenvalue weighted by molar-refractivity contribution is -0.122. The molecule has 0 radical (unpaired) electrons. The van der Waals surface area contributed by atoms with Gasteiger partial charge in [-0.05, 0) is 56.5 Å². The Labute approximate surface area is 131 Å². The highest BCUT2D eigenvalue weighted by Gasteiger charge is 2.18. The number of carbonyl (C=O) groups excluding carboxylic acids is 1. The van der Waals surface area contributed by atoms with E-state index in [1.807, 2.05) is 31.2 Å².